The summed E-state index contributed by atoms with van der Waals surface area (Å²) in [5.41, 5.74) is 0.618. The van der Waals surface area contributed by atoms with Crippen LogP contribution in [0.1, 0.15) is 11.1 Å². The number of nitrogens with one attached hydrogen (secondary N) is 1. The number of phosphoric acid groups is 2. The molecule has 0 spiro atoms. The largest absolute Gasteiger partial charge is 1.00 e. The molecule has 0 fully saturated rings. The van der Waals surface area contributed by atoms with Crippen molar-refractivity contribution in [1.29, 1.82) is 0 Å². The smallest absolute Gasteiger partial charge is 0.756 e. The van der Waals surface area contributed by atoms with E-state index < -0.39 is 58.4 Å². The van der Waals surface area contributed by atoms with Gasteiger partial charge in [0.1, 0.15) is 18.3 Å². The number of nitrogens with zero attached hydrogens (tertiary/aromatic N) is 3. The number of phosphoric ester groups is 1. The number of hydrogen-bond acceptors (Lipinski definition) is 11. The standard InChI is InChI=1S/C17H21N4O9P.Na.H3O4P.2H2O/c1-7-3-9-10(4-8(7)2)21(15-13(18-9)16(25)20-17(26)19-15)5-11(22)14(24)12(23)6-30-31(27,28)29;;1-5(2,3)4;;/h3-4,11-12,14,22-24H,5-6H2,1-2H3,(H,20,25,26)(H2,27,28,29);;(H3,1,2,3,4);2*1H2/q;+1;;;/p-1. The number of aliphatic hydroxyl groups excluding tert-OH is 3. The molecule has 39 heavy (non-hydrogen) atoms. The fourth-order valence-corrected chi connectivity index (χ4v) is 3.41. The Hall–Kier alpha value is -1.48. The van der Waals surface area contributed by atoms with Crippen LogP contribution < -0.4 is 45.7 Å². The fourth-order valence-electron chi connectivity index (χ4n) is 3.06. The molecule has 0 aliphatic carbocycles. The third-order valence-electron chi connectivity index (χ3n) is 4.80. The minimum atomic E-state index is -4.89. The van der Waals surface area contributed by atoms with Crippen LogP contribution in [-0.2, 0) is 20.2 Å². The predicted octanol–water partition coefficient (Wildman–Crippen LogP) is -7.81. The number of aliphatic hydroxyl groups is 3. The minimum Gasteiger partial charge on any atom is -0.756 e. The maximum absolute atomic E-state index is 12.2. The van der Waals surface area contributed by atoms with Crippen molar-refractivity contribution in [3.05, 3.63) is 44.1 Å². The zero-order valence-corrected chi connectivity index (χ0v) is 24.4. The van der Waals surface area contributed by atoms with Gasteiger partial charge in [-0.1, -0.05) is 0 Å². The molecular formula is C17H27N4NaO15P2. The van der Waals surface area contributed by atoms with Gasteiger partial charge in [-0.15, -0.1) is 0 Å². The summed E-state index contributed by atoms with van der Waals surface area (Å²) >= 11 is 0. The Kier molecular flexibility index (Phi) is 15.8. The van der Waals surface area contributed by atoms with E-state index in [-0.39, 0.29) is 52.0 Å². The van der Waals surface area contributed by atoms with E-state index in [0.29, 0.717) is 11.0 Å². The van der Waals surface area contributed by atoms with Crippen LogP contribution in [0.3, 0.4) is 0 Å². The summed E-state index contributed by atoms with van der Waals surface area (Å²) in [5.74, 6) is -0.142. The summed E-state index contributed by atoms with van der Waals surface area (Å²) in [6.07, 6.45) is -5.40. The van der Waals surface area contributed by atoms with E-state index in [9.17, 15) is 29.5 Å². The first-order valence-corrected chi connectivity index (χ1v) is 12.9. The molecule has 2 aliphatic heterocycles. The quantitative estimate of drug-likeness (QED) is 0.0697. The Balaban J connectivity index is 0. The number of aryl methyl sites for hydroxylation is 2. The van der Waals surface area contributed by atoms with E-state index in [1.807, 2.05) is 18.8 Å². The number of fused-ring (bicyclic) bond motifs is 2. The van der Waals surface area contributed by atoms with Crippen LogP contribution in [0.25, 0.3) is 22.6 Å². The van der Waals surface area contributed by atoms with Gasteiger partial charge in [-0.2, -0.15) is 4.98 Å². The predicted molar refractivity (Wildman–Crippen MR) is 126 cm³/mol. The van der Waals surface area contributed by atoms with Crippen LogP contribution in [0.15, 0.2) is 21.7 Å². The van der Waals surface area contributed by atoms with Gasteiger partial charge in [-0.05, 0) is 37.1 Å². The molecule has 3 rings (SSSR count). The van der Waals surface area contributed by atoms with Gasteiger partial charge in [0.2, 0.25) is 0 Å². The monoisotopic (exact) mass is 612 g/mol. The Morgan fingerprint density at radius 3 is 2.03 bits per heavy atom. The van der Waals surface area contributed by atoms with Gasteiger partial charge in [0.15, 0.2) is 11.5 Å². The molecule has 2 heterocycles. The molecule has 19 nitrogen and oxygen atoms in total. The van der Waals surface area contributed by atoms with Gasteiger partial charge in [-0.3, -0.25) is 18.9 Å². The molecule has 12 N–H and O–H groups in total. The average Bonchev–Trinajstić information content (AvgIpc) is 2.71. The molecule has 1 aromatic carbocycles. The Morgan fingerprint density at radius 2 is 1.51 bits per heavy atom. The molecule has 2 aliphatic rings. The molecule has 0 aromatic heterocycles. The molecule has 0 saturated carbocycles. The first-order valence-electron chi connectivity index (χ1n) is 9.80. The second kappa shape index (κ2) is 15.5. The summed E-state index contributed by atoms with van der Waals surface area (Å²) < 4.78 is 25.0. The van der Waals surface area contributed by atoms with E-state index in [1.165, 1.54) is 4.57 Å². The Morgan fingerprint density at radius 1 is 1.00 bits per heavy atom. The number of benzene rings is 1. The molecule has 22 heteroatoms. The van der Waals surface area contributed by atoms with Crippen molar-refractivity contribution in [2.24, 2.45) is 0 Å². The summed E-state index contributed by atoms with van der Waals surface area (Å²) in [6.45, 7) is 2.29. The summed E-state index contributed by atoms with van der Waals surface area (Å²) in [4.78, 5) is 74.4. The van der Waals surface area contributed by atoms with Crippen LogP contribution >= 0.6 is 15.6 Å². The molecule has 1 aromatic rings. The Bertz CT molecular complexity index is 1410. The first kappa shape index (κ1) is 39.7. The molecule has 0 amide bonds. The number of hydrogen-bond donors (Lipinski definition) is 8. The van der Waals surface area contributed by atoms with Gasteiger partial charge < -0.3 is 55.3 Å². The van der Waals surface area contributed by atoms with Crippen molar-refractivity contribution in [2.75, 3.05) is 6.61 Å². The van der Waals surface area contributed by atoms with Crippen LogP contribution in [0.4, 0.5) is 0 Å². The second-order valence-electron chi connectivity index (χ2n) is 7.59. The summed E-state index contributed by atoms with van der Waals surface area (Å²) in [5, 5.41) is 30.5. The van der Waals surface area contributed by atoms with E-state index in [4.69, 9.17) is 29.0 Å². The van der Waals surface area contributed by atoms with Crippen LogP contribution in [0.2, 0.25) is 0 Å². The molecule has 3 atom stereocenters. The summed E-state index contributed by atoms with van der Waals surface area (Å²) in [7, 11) is -9.78. The van der Waals surface area contributed by atoms with Crippen LogP contribution in [0.5, 0.6) is 0 Å². The SMILES string of the molecule is Cc1cc2nc3c(=O)[nH]c(=O)nc-3n(CC(O)C(O)C(O)COP(=O)(O)O)c2cc1C.O.O.O=P([O-])(O)O.[Na+]. The normalized spacial score (nSPS) is 13.7. The first-order chi connectivity index (χ1) is 16.4. The molecule has 216 valence electrons. The third-order valence-corrected chi connectivity index (χ3v) is 5.28. The van der Waals surface area contributed by atoms with Gasteiger partial charge in [0, 0.05) is 0 Å². The van der Waals surface area contributed by atoms with Crippen LogP contribution in [0, 0.1) is 13.8 Å². The minimum absolute atomic E-state index is 0. The van der Waals surface area contributed by atoms with Crippen molar-refractivity contribution in [3.8, 4) is 11.5 Å². The third kappa shape index (κ3) is 11.9. The second-order valence-corrected chi connectivity index (χ2v) is 9.81. The van der Waals surface area contributed by atoms with Gasteiger partial charge in [0.05, 0.1) is 24.2 Å². The molecule has 0 saturated heterocycles. The maximum atomic E-state index is 12.2. The molecule has 3 unspecified atom stereocenters. The van der Waals surface area contributed by atoms with Crippen molar-refractivity contribution in [3.63, 3.8) is 0 Å². The van der Waals surface area contributed by atoms with Crippen molar-refractivity contribution in [2.45, 2.75) is 38.7 Å². The van der Waals surface area contributed by atoms with E-state index >= 15 is 0 Å². The topological polar surface area (TPSA) is 352 Å². The van der Waals surface area contributed by atoms with E-state index in [0.717, 1.165) is 11.1 Å². The molecular weight excluding hydrogens is 585 g/mol. The maximum Gasteiger partial charge on any atom is 1.00 e. The number of aromatic nitrogens is 4. The number of aromatic amines is 1. The summed E-state index contributed by atoms with van der Waals surface area (Å²) in [6, 6.07) is 3.41. The van der Waals surface area contributed by atoms with Crippen molar-refractivity contribution >= 4 is 26.7 Å². The van der Waals surface area contributed by atoms with E-state index in [1.54, 1.807) is 12.1 Å². The van der Waals surface area contributed by atoms with Crippen LogP contribution in [-0.4, -0.2) is 90.3 Å². The zero-order valence-electron chi connectivity index (χ0n) is 20.6. The zero-order chi connectivity index (χ0) is 27.6. The number of rotatable bonds is 7. The fraction of sp³-hybridized carbons (Fsp3) is 0.412. The van der Waals surface area contributed by atoms with Crippen molar-refractivity contribution in [1.82, 2.24) is 19.5 Å². The van der Waals surface area contributed by atoms with Gasteiger partial charge >= 0.3 is 43.1 Å². The Labute approximate surface area is 240 Å². The number of H-pyrrole nitrogens is 1. The van der Waals surface area contributed by atoms with Crippen molar-refractivity contribution < 1.29 is 94.0 Å². The van der Waals surface area contributed by atoms with Gasteiger partial charge in [0.25, 0.3) is 13.4 Å². The average molecular weight is 612 g/mol. The van der Waals surface area contributed by atoms with E-state index in [2.05, 4.69) is 14.5 Å². The van der Waals surface area contributed by atoms with Gasteiger partial charge in [-0.25, -0.2) is 14.3 Å². The molecule has 0 radical (unpaired) electrons. The molecule has 0 bridgehead atoms.